The summed E-state index contributed by atoms with van der Waals surface area (Å²) in [5, 5.41) is 4.09. The lowest BCUT2D eigenvalue weighted by Crippen LogP contribution is -2.54. The van der Waals surface area contributed by atoms with Crippen LogP contribution in [0.4, 0.5) is 4.79 Å². The Morgan fingerprint density at radius 1 is 1.17 bits per heavy atom. The van der Waals surface area contributed by atoms with Gasteiger partial charge in [0.05, 0.1) is 11.5 Å². The second kappa shape index (κ2) is 8.33. The quantitative estimate of drug-likeness (QED) is 0.719. The largest absolute Gasteiger partial charge is 0.444 e. The second-order valence-electron chi connectivity index (χ2n) is 8.76. The SMILES string of the molecule is CC(C)(C)OC(=O)N1CCC(N(C(=O)Cn2cccn2)[C@H]2CCS(=O)(=O)C2)CC1. The number of aromatic nitrogens is 2. The fraction of sp³-hybridized carbons (Fsp3) is 0.737. The molecule has 0 saturated carbocycles. The fourth-order valence-electron chi connectivity index (χ4n) is 3.97. The summed E-state index contributed by atoms with van der Waals surface area (Å²) < 4.78 is 31.0. The minimum Gasteiger partial charge on any atom is -0.444 e. The molecule has 0 spiro atoms. The number of hydrogen-bond donors (Lipinski definition) is 0. The van der Waals surface area contributed by atoms with E-state index in [2.05, 4.69) is 5.10 Å². The highest BCUT2D eigenvalue weighted by Gasteiger charge is 2.40. The van der Waals surface area contributed by atoms with E-state index in [0.717, 1.165) is 0 Å². The van der Waals surface area contributed by atoms with E-state index in [9.17, 15) is 18.0 Å². The highest BCUT2D eigenvalue weighted by Crippen LogP contribution is 2.26. The summed E-state index contributed by atoms with van der Waals surface area (Å²) in [7, 11) is -3.12. The summed E-state index contributed by atoms with van der Waals surface area (Å²) >= 11 is 0. The van der Waals surface area contributed by atoms with Crippen molar-refractivity contribution in [2.45, 2.75) is 64.3 Å². The number of piperidine rings is 1. The van der Waals surface area contributed by atoms with Crippen molar-refractivity contribution in [1.29, 1.82) is 0 Å². The van der Waals surface area contributed by atoms with Gasteiger partial charge in [0.15, 0.2) is 9.84 Å². The summed E-state index contributed by atoms with van der Waals surface area (Å²) in [6, 6.07) is 1.33. The average molecular weight is 427 g/mol. The molecule has 0 aromatic carbocycles. The molecular weight excluding hydrogens is 396 g/mol. The molecule has 1 aromatic rings. The topological polar surface area (TPSA) is 102 Å². The lowest BCUT2D eigenvalue weighted by molar-refractivity contribution is -0.137. The van der Waals surface area contributed by atoms with E-state index in [4.69, 9.17) is 4.74 Å². The molecule has 29 heavy (non-hydrogen) atoms. The molecule has 1 aromatic heterocycles. The van der Waals surface area contributed by atoms with Crippen LogP contribution in [-0.2, 0) is 25.9 Å². The zero-order valence-electron chi connectivity index (χ0n) is 17.3. The van der Waals surface area contributed by atoms with Gasteiger partial charge in [-0.15, -0.1) is 0 Å². The highest BCUT2D eigenvalue weighted by atomic mass is 32.2. The molecule has 2 fully saturated rings. The number of rotatable bonds is 4. The standard InChI is InChI=1S/C19H30N4O5S/c1-19(2,3)28-18(25)21-10-5-15(6-11-21)23(16-7-12-29(26,27)14-16)17(24)13-22-9-4-8-20-22/h4,8-9,15-16H,5-7,10-14H2,1-3H3/t16-/m0/s1. The Morgan fingerprint density at radius 2 is 1.86 bits per heavy atom. The van der Waals surface area contributed by atoms with Gasteiger partial charge in [-0.1, -0.05) is 0 Å². The van der Waals surface area contributed by atoms with Gasteiger partial charge >= 0.3 is 6.09 Å². The molecule has 2 amide bonds. The summed E-state index contributed by atoms with van der Waals surface area (Å²) in [5.41, 5.74) is -0.558. The van der Waals surface area contributed by atoms with E-state index in [0.29, 0.717) is 32.4 Å². The number of sulfone groups is 1. The van der Waals surface area contributed by atoms with Crippen LogP contribution in [-0.4, -0.2) is 82.3 Å². The number of carbonyl (C=O) groups excluding carboxylic acids is 2. The molecule has 0 unspecified atom stereocenters. The van der Waals surface area contributed by atoms with E-state index < -0.39 is 15.4 Å². The Kier molecular flexibility index (Phi) is 6.21. The maximum absolute atomic E-state index is 13.1. The van der Waals surface area contributed by atoms with Gasteiger partial charge < -0.3 is 14.5 Å². The van der Waals surface area contributed by atoms with Gasteiger partial charge in [-0.2, -0.15) is 5.10 Å². The van der Waals surface area contributed by atoms with E-state index >= 15 is 0 Å². The van der Waals surface area contributed by atoms with Gasteiger partial charge in [0, 0.05) is 37.6 Å². The Morgan fingerprint density at radius 3 is 2.38 bits per heavy atom. The highest BCUT2D eigenvalue weighted by molar-refractivity contribution is 7.91. The first-order valence-corrected chi connectivity index (χ1v) is 11.8. The third-order valence-corrected chi connectivity index (χ3v) is 7.01. The van der Waals surface area contributed by atoms with Crippen LogP contribution < -0.4 is 0 Å². The van der Waals surface area contributed by atoms with Crippen molar-refractivity contribution < 1.29 is 22.7 Å². The lowest BCUT2D eigenvalue weighted by atomic mass is 10.0. The minimum absolute atomic E-state index is 0.00409. The van der Waals surface area contributed by atoms with Crippen molar-refractivity contribution in [2.75, 3.05) is 24.6 Å². The second-order valence-corrected chi connectivity index (χ2v) is 11.0. The Labute approximate surface area is 171 Å². The van der Waals surface area contributed by atoms with Crippen LogP contribution in [0.2, 0.25) is 0 Å². The average Bonchev–Trinajstić information content (AvgIpc) is 3.23. The van der Waals surface area contributed by atoms with Gasteiger partial charge in [-0.05, 0) is 46.1 Å². The smallest absolute Gasteiger partial charge is 0.410 e. The van der Waals surface area contributed by atoms with Crippen LogP contribution in [0.25, 0.3) is 0 Å². The number of carbonyl (C=O) groups is 2. The van der Waals surface area contributed by atoms with Crippen LogP contribution in [0.3, 0.4) is 0 Å². The molecule has 1 atom stereocenters. The normalized spacial score (nSPS) is 22.4. The third-order valence-electron chi connectivity index (χ3n) is 5.26. The molecule has 0 bridgehead atoms. The van der Waals surface area contributed by atoms with Crippen molar-refractivity contribution in [3.05, 3.63) is 18.5 Å². The number of ether oxygens (including phenoxy) is 1. The Hall–Kier alpha value is -2.10. The molecule has 2 aliphatic heterocycles. The summed E-state index contributed by atoms with van der Waals surface area (Å²) in [6.07, 6.45) is 4.62. The molecular formula is C19H30N4O5S. The molecule has 10 heteroatoms. The van der Waals surface area contributed by atoms with E-state index in [1.165, 1.54) is 0 Å². The summed E-state index contributed by atoms with van der Waals surface area (Å²) in [5.74, 6) is -0.0177. The van der Waals surface area contributed by atoms with Gasteiger partial charge in [0.2, 0.25) is 5.91 Å². The molecule has 2 aliphatic rings. The molecule has 9 nitrogen and oxygen atoms in total. The van der Waals surface area contributed by atoms with Crippen LogP contribution in [0.5, 0.6) is 0 Å². The predicted molar refractivity (Wildman–Crippen MR) is 107 cm³/mol. The monoisotopic (exact) mass is 426 g/mol. The molecule has 3 heterocycles. The number of likely N-dealkylation sites (tertiary alicyclic amines) is 1. The number of hydrogen-bond acceptors (Lipinski definition) is 6. The number of amides is 2. The predicted octanol–water partition coefficient (Wildman–Crippen LogP) is 1.30. The van der Waals surface area contributed by atoms with Crippen molar-refractivity contribution >= 4 is 21.8 Å². The van der Waals surface area contributed by atoms with Crippen molar-refractivity contribution in [2.24, 2.45) is 0 Å². The molecule has 3 rings (SSSR count). The zero-order valence-corrected chi connectivity index (χ0v) is 18.1. The fourth-order valence-corrected chi connectivity index (χ4v) is 5.68. The van der Waals surface area contributed by atoms with Crippen molar-refractivity contribution in [3.8, 4) is 0 Å². The minimum atomic E-state index is -3.12. The molecule has 2 saturated heterocycles. The first-order valence-electron chi connectivity index (χ1n) is 10.0. The van der Waals surface area contributed by atoms with Gasteiger partial charge in [-0.25, -0.2) is 13.2 Å². The molecule has 0 N–H and O–H groups in total. The lowest BCUT2D eigenvalue weighted by Gasteiger charge is -2.41. The van der Waals surface area contributed by atoms with Crippen LogP contribution in [0.15, 0.2) is 18.5 Å². The van der Waals surface area contributed by atoms with E-state index in [-0.39, 0.29) is 42.1 Å². The Balaban J connectivity index is 1.68. The number of nitrogens with zero attached hydrogens (tertiary/aromatic N) is 4. The maximum atomic E-state index is 13.1. The van der Waals surface area contributed by atoms with Gasteiger partial charge in [0.25, 0.3) is 0 Å². The first kappa shape index (κ1) is 21.6. The molecule has 0 radical (unpaired) electrons. The summed E-state index contributed by atoms with van der Waals surface area (Å²) in [4.78, 5) is 28.8. The van der Waals surface area contributed by atoms with E-state index in [1.54, 1.807) is 32.9 Å². The van der Waals surface area contributed by atoms with Gasteiger partial charge in [-0.3, -0.25) is 9.48 Å². The summed E-state index contributed by atoms with van der Waals surface area (Å²) in [6.45, 7) is 6.51. The van der Waals surface area contributed by atoms with Crippen LogP contribution in [0.1, 0.15) is 40.0 Å². The zero-order chi connectivity index (χ0) is 21.2. The molecule has 162 valence electrons. The first-order chi connectivity index (χ1) is 13.5. The van der Waals surface area contributed by atoms with Crippen LogP contribution in [0, 0.1) is 0 Å². The Bertz CT molecular complexity index is 823. The van der Waals surface area contributed by atoms with E-state index in [1.807, 2.05) is 20.8 Å². The van der Waals surface area contributed by atoms with Crippen LogP contribution >= 0.6 is 0 Å². The maximum Gasteiger partial charge on any atom is 0.410 e. The third kappa shape index (κ3) is 5.71. The van der Waals surface area contributed by atoms with Gasteiger partial charge in [0.1, 0.15) is 12.1 Å². The van der Waals surface area contributed by atoms with Crippen molar-refractivity contribution in [3.63, 3.8) is 0 Å². The van der Waals surface area contributed by atoms with Crippen molar-refractivity contribution in [1.82, 2.24) is 19.6 Å². The molecule has 0 aliphatic carbocycles.